The number of aromatic nitrogens is 1. The number of nitrogens with one attached hydrogen (secondary N) is 2. The van der Waals surface area contributed by atoms with E-state index in [4.69, 9.17) is 0 Å². The highest BCUT2D eigenvalue weighted by atomic mass is 32.2. The monoisotopic (exact) mass is 335 g/mol. The molecule has 0 aliphatic rings. The van der Waals surface area contributed by atoms with Gasteiger partial charge in [-0.05, 0) is 25.0 Å². The lowest BCUT2D eigenvalue weighted by Crippen LogP contribution is -2.27. The van der Waals surface area contributed by atoms with Crippen LogP contribution < -0.4 is 10.0 Å². The Balaban J connectivity index is 2.74. The Labute approximate surface area is 126 Å². The lowest BCUT2D eigenvalue weighted by atomic mass is 10.4. The predicted molar refractivity (Wildman–Crippen MR) is 82.5 cm³/mol. The van der Waals surface area contributed by atoms with Crippen LogP contribution in [0.5, 0.6) is 0 Å². The number of hydrogen-bond acceptors (Lipinski definition) is 6. The zero-order valence-corrected chi connectivity index (χ0v) is 13.8. The summed E-state index contributed by atoms with van der Waals surface area (Å²) in [6.45, 7) is 2.65. The largest absolute Gasteiger partial charge is 0.369 e. The van der Waals surface area contributed by atoms with Gasteiger partial charge in [0.1, 0.15) is 20.6 Å². The maximum atomic E-state index is 12.2. The number of hydrogen-bond donors (Lipinski definition) is 2. The summed E-state index contributed by atoms with van der Waals surface area (Å²) in [5.41, 5.74) is 0. The molecule has 1 rings (SSSR count). The summed E-state index contributed by atoms with van der Waals surface area (Å²) in [6, 6.07) is 3.01. The van der Waals surface area contributed by atoms with Crippen LogP contribution in [0.25, 0.3) is 0 Å². The molecule has 0 bridgehead atoms. The van der Waals surface area contributed by atoms with Crippen LogP contribution in [0.1, 0.15) is 19.8 Å². The molecule has 0 aliphatic heterocycles. The van der Waals surface area contributed by atoms with Crippen molar-refractivity contribution >= 4 is 25.7 Å². The van der Waals surface area contributed by atoms with Gasteiger partial charge in [0.25, 0.3) is 0 Å². The fourth-order valence-corrected chi connectivity index (χ4v) is 3.48. The minimum absolute atomic E-state index is 0.0521. The fourth-order valence-electron chi connectivity index (χ4n) is 1.60. The zero-order chi connectivity index (χ0) is 15.9. The van der Waals surface area contributed by atoms with E-state index in [1.165, 1.54) is 12.3 Å². The Morgan fingerprint density at radius 3 is 2.52 bits per heavy atom. The molecule has 21 heavy (non-hydrogen) atoms. The van der Waals surface area contributed by atoms with E-state index in [9.17, 15) is 16.8 Å². The van der Waals surface area contributed by atoms with E-state index in [-0.39, 0.29) is 23.6 Å². The Morgan fingerprint density at radius 1 is 1.19 bits per heavy atom. The van der Waals surface area contributed by atoms with Crippen molar-refractivity contribution in [2.24, 2.45) is 0 Å². The molecule has 1 heterocycles. The number of sulfonamides is 1. The van der Waals surface area contributed by atoms with Gasteiger partial charge in [-0.1, -0.05) is 6.92 Å². The van der Waals surface area contributed by atoms with Gasteiger partial charge in [0.05, 0.1) is 5.75 Å². The third-order valence-electron chi connectivity index (χ3n) is 2.59. The van der Waals surface area contributed by atoms with Crippen molar-refractivity contribution in [2.75, 3.05) is 30.4 Å². The first-order chi connectivity index (χ1) is 9.76. The summed E-state index contributed by atoms with van der Waals surface area (Å²) < 4.78 is 48.8. The second-order valence-electron chi connectivity index (χ2n) is 4.66. The van der Waals surface area contributed by atoms with Crippen molar-refractivity contribution < 1.29 is 16.8 Å². The Hall–Kier alpha value is -1.19. The van der Waals surface area contributed by atoms with Gasteiger partial charge < -0.3 is 5.32 Å². The van der Waals surface area contributed by atoms with Crippen LogP contribution in [0, 0.1) is 0 Å². The summed E-state index contributed by atoms with van der Waals surface area (Å²) in [4.78, 5) is 4.09. The molecule has 2 N–H and O–H groups in total. The molecule has 0 aromatic carbocycles. The van der Waals surface area contributed by atoms with E-state index >= 15 is 0 Å². The highest BCUT2D eigenvalue weighted by molar-refractivity contribution is 7.90. The molecular weight excluding hydrogens is 314 g/mol. The number of anilines is 1. The molecule has 0 aliphatic carbocycles. The molecule has 9 heteroatoms. The molecule has 0 spiro atoms. The number of nitrogens with zero attached hydrogens (tertiary/aromatic N) is 1. The van der Waals surface area contributed by atoms with E-state index < -0.39 is 19.9 Å². The van der Waals surface area contributed by atoms with Crippen LogP contribution in [-0.4, -0.2) is 46.9 Å². The van der Waals surface area contributed by atoms with Gasteiger partial charge in [-0.25, -0.2) is 26.5 Å². The minimum Gasteiger partial charge on any atom is -0.369 e. The standard InChI is InChI=1S/C12H21N3O4S2/c1-3-7-13-12-11(6-4-8-14-12)21(18,19)15-9-5-10-20(2,16)17/h4,6,8,15H,3,5,7,9-10H2,1-2H3,(H,13,14). The molecule has 0 amide bonds. The van der Waals surface area contributed by atoms with Crippen LogP contribution >= 0.6 is 0 Å². The molecule has 0 saturated carbocycles. The van der Waals surface area contributed by atoms with Crippen molar-refractivity contribution in [3.05, 3.63) is 18.3 Å². The third-order valence-corrected chi connectivity index (χ3v) is 5.11. The number of sulfone groups is 1. The minimum atomic E-state index is -3.71. The van der Waals surface area contributed by atoms with Gasteiger partial charge in [0.15, 0.2) is 0 Å². The van der Waals surface area contributed by atoms with E-state index in [2.05, 4.69) is 15.0 Å². The second-order valence-corrected chi connectivity index (χ2v) is 8.65. The van der Waals surface area contributed by atoms with E-state index in [0.29, 0.717) is 12.4 Å². The summed E-state index contributed by atoms with van der Waals surface area (Å²) in [7, 11) is -6.80. The molecule has 0 unspecified atom stereocenters. The van der Waals surface area contributed by atoms with Crippen molar-refractivity contribution in [2.45, 2.75) is 24.7 Å². The number of rotatable bonds is 9. The summed E-state index contributed by atoms with van der Waals surface area (Å²) in [5.74, 6) is 0.249. The molecule has 0 radical (unpaired) electrons. The SMILES string of the molecule is CCCNc1ncccc1S(=O)(=O)NCCCS(C)(=O)=O. The van der Waals surface area contributed by atoms with E-state index in [1.807, 2.05) is 6.92 Å². The summed E-state index contributed by atoms with van der Waals surface area (Å²) in [5, 5.41) is 2.96. The van der Waals surface area contributed by atoms with Crippen molar-refractivity contribution in [1.29, 1.82) is 0 Å². The second kappa shape index (κ2) is 7.71. The first-order valence-corrected chi connectivity index (χ1v) is 10.2. The molecule has 1 aromatic heterocycles. The van der Waals surface area contributed by atoms with Gasteiger partial charge in [0, 0.05) is 25.5 Å². The lowest BCUT2D eigenvalue weighted by molar-refractivity contribution is 0.577. The molecule has 1 aromatic rings. The number of pyridine rings is 1. The third kappa shape index (κ3) is 6.40. The van der Waals surface area contributed by atoms with Gasteiger partial charge in [-0.2, -0.15) is 0 Å². The molecule has 7 nitrogen and oxygen atoms in total. The smallest absolute Gasteiger partial charge is 0.244 e. The molecule has 0 saturated heterocycles. The summed E-state index contributed by atoms with van der Waals surface area (Å²) >= 11 is 0. The van der Waals surface area contributed by atoms with Crippen LogP contribution in [0.2, 0.25) is 0 Å². The molecule has 0 atom stereocenters. The Morgan fingerprint density at radius 2 is 1.90 bits per heavy atom. The van der Waals surface area contributed by atoms with E-state index in [0.717, 1.165) is 12.7 Å². The molecule has 120 valence electrons. The van der Waals surface area contributed by atoms with Crippen molar-refractivity contribution in [3.63, 3.8) is 0 Å². The van der Waals surface area contributed by atoms with Crippen molar-refractivity contribution in [1.82, 2.24) is 9.71 Å². The van der Waals surface area contributed by atoms with Crippen LogP contribution in [0.4, 0.5) is 5.82 Å². The maximum absolute atomic E-state index is 12.2. The van der Waals surface area contributed by atoms with E-state index in [1.54, 1.807) is 6.07 Å². The molecular formula is C12H21N3O4S2. The Kier molecular flexibility index (Phi) is 6.56. The summed E-state index contributed by atoms with van der Waals surface area (Å²) in [6.07, 6.45) is 3.71. The normalized spacial score (nSPS) is 12.3. The first-order valence-electron chi connectivity index (χ1n) is 6.62. The Bertz CT molecular complexity index is 657. The molecule has 0 fully saturated rings. The highest BCUT2D eigenvalue weighted by Crippen LogP contribution is 2.17. The van der Waals surface area contributed by atoms with Crippen molar-refractivity contribution in [3.8, 4) is 0 Å². The zero-order valence-electron chi connectivity index (χ0n) is 12.2. The van der Waals surface area contributed by atoms with Gasteiger partial charge in [-0.15, -0.1) is 0 Å². The topological polar surface area (TPSA) is 105 Å². The van der Waals surface area contributed by atoms with Gasteiger partial charge in [0.2, 0.25) is 10.0 Å². The van der Waals surface area contributed by atoms with Crippen LogP contribution in [0.15, 0.2) is 23.2 Å². The van der Waals surface area contributed by atoms with Crippen LogP contribution in [0.3, 0.4) is 0 Å². The van der Waals surface area contributed by atoms with Gasteiger partial charge in [-0.3, -0.25) is 0 Å². The fraction of sp³-hybridized carbons (Fsp3) is 0.583. The highest BCUT2D eigenvalue weighted by Gasteiger charge is 2.18. The average molecular weight is 335 g/mol. The van der Waals surface area contributed by atoms with Gasteiger partial charge >= 0.3 is 0 Å². The lowest BCUT2D eigenvalue weighted by Gasteiger charge is -2.11. The predicted octanol–water partition coefficient (Wildman–Crippen LogP) is 0.616. The first kappa shape index (κ1) is 17.9. The maximum Gasteiger partial charge on any atom is 0.244 e. The quantitative estimate of drug-likeness (QED) is 0.641. The van der Waals surface area contributed by atoms with Crippen LogP contribution in [-0.2, 0) is 19.9 Å². The average Bonchev–Trinajstić information content (AvgIpc) is 2.41.